The molecule has 0 aromatic carbocycles. The van der Waals surface area contributed by atoms with Gasteiger partial charge in [0.2, 0.25) is 5.88 Å². The number of hydrogen-bond acceptors (Lipinski definition) is 5. The van der Waals surface area contributed by atoms with Gasteiger partial charge in [-0.1, -0.05) is 5.21 Å². The van der Waals surface area contributed by atoms with Crippen molar-refractivity contribution in [2.75, 3.05) is 13.2 Å². The molecule has 0 N–H and O–H groups in total. The number of aromatic nitrogens is 3. The maximum absolute atomic E-state index is 11.3. The van der Waals surface area contributed by atoms with Gasteiger partial charge >= 0.3 is 6.09 Å². The molecule has 0 bridgehead atoms. The number of carbonyl (C=O) groups is 1. The molecule has 0 aliphatic heterocycles. The number of aryl methyl sites for hydroxylation is 1. The maximum Gasteiger partial charge on any atom is 0.439 e. The summed E-state index contributed by atoms with van der Waals surface area (Å²) in [6.07, 6.45) is -0.573. The van der Waals surface area contributed by atoms with Crippen molar-refractivity contribution in [3.05, 3.63) is 5.69 Å². The lowest BCUT2D eigenvalue weighted by Crippen LogP contribution is -2.17. The van der Waals surface area contributed by atoms with E-state index in [2.05, 4.69) is 10.3 Å². The first-order chi connectivity index (χ1) is 6.70. The summed E-state index contributed by atoms with van der Waals surface area (Å²) in [5.74, 6) is 0.339. The zero-order valence-corrected chi connectivity index (χ0v) is 8.48. The standard InChI is InChI=1S/C8H13N3O3/c1-4-13-7-6(3)9-10-11(7)8(12)14-5-2/h4-5H2,1-3H3. The van der Waals surface area contributed by atoms with E-state index in [-0.39, 0.29) is 0 Å². The fourth-order valence-corrected chi connectivity index (χ4v) is 0.955. The highest BCUT2D eigenvalue weighted by Gasteiger charge is 2.17. The average Bonchev–Trinajstić information content (AvgIpc) is 2.50. The molecular formula is C8H13N3O3. The Labute approximate surface area is 81.8 Å². The molecule has 78 valence electrons. The van der Waals surface area contributed by atoms with Crippen molar-refractivity contribution in [1.29, 1.82) is 0 Å². The molecule has 0 aliphatic rings. The van der Waals surface area contributed by atoms with Gasteiger partial charge in [-0.3, -0.25) is 0 Å². The van der Waals surface area contributed by atoms with Crippen molar-refractivity contribution in [3.63, 3.8) is 0 Å². The molecule has 14 heavy (non-hydrogen) atoms. The second-order valence-corrected chi connectivity index (χ2v) is 2.52. The number of ether oxygens (including phenoxy) is 2. The highest BCUT2D eigenvalue weighted by atomic mass is 16.6. The number of hydrogen-bond donors (Lipinski definition) is 0. The fourth-order valence-electron chi connectivity index (χ4n) is 0.955. The summed E-state index contributed by atoms with van der Waals surface area (Å²) >= 11 is 0. The smallest absolute Gasteiger partial charge is 0.439 e. The van der Waals surface area contributed by atoms with Crippen molar-refractivity contribution in [3.8, 4) is 5.88 Å². The highest BCUT2D eigenvalue weighted by molar-refractivity contribution is 5.71. The van der Waals surface area contributed by atoms with Crippen LogP contribution in [0.2, 0.25) is 0 Å². The van der Waals surface area contributed by atoms with Gasteiger partial charge in [0.05, 0.1) is 13.2 Å². The van der Waals surface area contributed by atoms with E-state index in [1.807, 2.05) is 6.92 Å². The molecule has 0 saturated heterocycles. The van der Waals surface area contributed by atoms with E-state index < -0.39 is 6.09 Å². The maximum atomic E-state index is 11.3. The monoisotopic (exact) mass is 199 g/mol. The minimum absolute atomic E-state index is 0.295. The van der Waals surface area contributed by atoms with Crippen LogP contribution in [-0.2, 0) is 4.74 Å². The van der Waals surface area contributed by atoms with E-state index in [1.54, 1.807) is 13.8 Å². The van der Waals surface area contributed by atoms with Crippen LogP contribution in [0.4, 0.5) is 4.79 Å². The van der Waals surface area contributed by atoms with Crippen LogP contribution in [0.15, 0.2) is 0 Å². The second-order valence-electron chi connectivity index (χ2n) is 2.52. The summed E-state index contributed by atoms with van der Waals surface area (Å²) in [5, 5.41) is 7.35. The van der Waals surface area contributed by atoms with Gasteiger partial charge in [0.25, 0.3) is 0 Å². The molecule has 0 unspecified atom stereocenters. The molecule has 0 fully saturated rings. The van der Waals surface area contributed by atoms with Crippen molar-refractivity contribution in [2.24, 2.45) is 0 Å². The van der Waals surface area contributed by atoms with Gasteiger partial charge in [-0.15, -0.1) is 9.78 Å². The zero-order chi connectivity index (χ0) is 10.6. The normalized spacial score (nSPS) is 9.93. The van der Waals surface area contributed by atoms with Crippen LogP contribution in [-0.4, -0.2) is 34.3 Å². The molecular weight excluding hydrogens is 186 g/mol. The van der Waals surface area contributed by atoms with Crippen molar-refractivity contribution in [2.45, 2.75) is 20.8 Å². The Kier molecular flexibility index (Phi) is 3.44. The minimum atomic E-state index is -0.573. The Morgan fingerprint density at radius 1 is 1.43 bits per heavy atom. The summed E-state index contributed by atoms with van der Waals surface area (Å²) < 4.78 is 11.0. The molecule has 0 atom stereocenters. The zero-order valence-electron chi connectivity index (χ0n) is 8.48. The van der Waals surface area contributed by atoms with Crippen LogP contribution < -0.4 is 4.74 Å². The van der Waals surface area contributed by atoms with Crippen molar-refractivity contribution in [1.82, 2.24) is 15.0 Å². The molecule has 6 nitrogen and oxygen atoms in total. The number of nitrogens with zero attached hydrogens (tertiary/aromatic N) is 3. The third kappa shape index (κ3) is 2.01. The van der Waals surface area contributed by atoms with E-state index in [4.69, 9.17) is 9.47 Å². The topological polar surface area (TPSA) is 66.2 Å². The first-order valence-corrected chi connectivity index (χ1v) is 4.42. The Morgan fingerprint density at radius 3 is 2.71 bits per heavy atom. The van der Waals surface area contributed by atoms with Crippen LogP contribution in [0.1, 0.15) is 19.5 Å². The molecule has 0 saturated carbocycles. The van der Waals surface area contributed by atoms with E-state index >= 15 is 0 Å². The summed E-state index contributed by atoms with van der Waals surface area (Å²) in [6, 6.07) is 0. The van der Waals surface area contributed by atoms with Crippen LogP contribution >= 0.6 is 0 Å². The van der Waals surface area contributed by atoms with Crippen LogP contribution in [0.5, 0.6) is 5.88 Å². The van der Waals surface area contributed by atoms with Crippen LogP contribution in [0.25, 0.3) is 0 Å². The lowest BCUT2D eigenvalue weighted by Gasteiger charge is -2.05. The van der Waals surface area contributed by atoms with Crippen molar-refractivity contribution < 1.29 is 14.3 Å². The second kappa shape index (κ2) is 4.59. The van der Waals surface area contributed by atoms with Gasteiger partial charge in [0.15, 0.2) is 0 Å². The quantitative estimate of drug-likeness (QED) is 0.726. The predicted octanol–water partition coefficient (Wildman–Crippen LogP) is 0.990. The summed E-state index contributed by atoms with van der Waals surface area (Å²) in [4.78, 5) is 11.3. The Hall–Kier alpha value is -1.59. The Balaban J connectivity index is 2.90. The lowest BCUT2D eigenvalue weighted by atomic mass is 10.5. The summed E-state index contributed by atoms with van der Waals surface area (Å²) in [7, 11) is 0. The molecule has 1 rings (SSSR count). The van der Waals surface area contributed by atoms with Gasteiger partial charge in [-0.2, -0.15) is 0 Å². The molecule has 6 heteroatoms. The van der Waals surface area contributed by atoms with E-state index in [0.29, 0.717) is 24.8 Å². The van der Waals surface area contributed by atoms with Crippen LogP contribution in [0.3, 0.4) is 0 Å². The molecule has 0 radical (unpaired) electrons. The Bertz CT molecular complexity index is 322. The van der Waals surface area contributed by atoms with E-state index in [0.717, 1.165) is 4.68 Å². The molecule has 0 aliphatic carbocycles. The molecule has 0 spiro atoms. The van der Waals surface area contributed by atoms with Gasteiger partial charge < -0.3 is 9.47 Å². The molecule has 1 heterocycles. The number of rotatable bonds is 3. The average molecular weight is 199 g/mol. The lowest BCUT2D eigenvalue weighted by molar-refractivity contribution is 0.145. The van der Waals surface area contributed by atoms with E-state index in [1.165, 1.54) is 0 Å². The molecule has 1 aromatic heterocycles. The summed E-state index contributed by atoms with van der Waals surface area (Å²) in [5.41, 5.74) is 0.569. The SMILES string of the molecule is CCOC(=O)n1nnc(C)c1OCC. The highest BCUT2D eigenvalue weighted by Crippen LogP contribution is 2.14. The van der Waals surface area contributed by atoms with Gasteiger partial charge in [-0.25, -0.2) is 4.79 Å². The van der Waals surface area contributed by atoms with Gasteiger partial charge in [-0.05, 0) is 20.8 Å². The number of carbonyl (C=O) groups excluding carboxylic acids is 1. The first kappa shape index (κ1) is 10.5. The third-order valence-electron chi connectivity index (χ3n) is 1.51. The largest absolute Gasteiger partial charge is 0.476 e. The minimum Gasteiger partial charge on any atom is -0.476 e. The first-order valence-electron chi connectivity index (χ1n) is 4.42. The van der Waals surface area contributed by atoms with Crippen molar-refractivity contribution >= 4 is 6.09 Å². The van der Waals surface area contributed by atoms with Crippen LogP contribution in [0, 0.1) is 6.92 Å². The third-order valence-corrected chi connectivity index (χ3v) is 1.51. The fraction of sp³-hybridized carbons (Fsp3) is 0.625. The van der Waals surface area contributed by atoms with Gasteiger partial charge in [0.1, 0.15) is 5.69 Å². The van der Waals surface area contributed by atoms with E-state index in [9.17, 15) is 4.79 Å². The molecule has 0 amide bonds. The van der Waals surface area contributed by atoms with Gasteiger partial charge in [0, 0.05) is 0 Å². The summed E-state index contributed by atoms with van der Waals surface area (Å²) in [6.45, 7) is 6.01. The predicted molar refractivity (Wildman–Crippen MR) is 48.3 cm³/mol. The Morgan fingerprint density at radius 2 is 2.14 bits per heavy atom. The molecule has 1 aromatic rings.